The summed E-state index contributed by atoms with van der Waals surface area (Å²) in [6, 6.07) is -0.372. The lowest BCUT2D eigenvalue weighted by molar-refractivity contribution is -0.123. The quantitative estimate of drug-likeness (QED) is 0.172. The molecule has 1 amide bonds. The summed E-state index contributed by atoms with van der Waals surface area (Å²) in [5, 5.41) is 13.3. The molecule has 0 unspecified atom stereocenters. The minimum absolute atomic E-state index is 0.00156. The molecular weight excluding hydrogens is 362 g/mol. The van der Waals surface area contributed by atoms with Gasteiger partial charge in [-0.15, -0.1) is 0 Å². The van der Waals surface area contributed by atoms with Crippen molar-refractivity contribution >= 4 is 5.91 Å². The van der Waals surface area contributed by atoms with Gasteiger partial charge in [0.1, 0.15) is 0 Å². The molecule has 0 aromatic carbocycles. The zero-order valence-corrected chi connectivity index (χ0v) is 19.6. The topological polar surface area (TPSA) is 58.6 Å². The zero-order chi connectivity index (χ0) is 21.6. The number of nitrogens with one attached hydrogen (secondary N) is 1. The van der Waals surface area contributed by atoms with Crippen molar-refractivity contribution in [2.45, 2.75) is 129 Å². The SMILES string of the molecule is CCCCCCCCCCCCC/C=C/[C@@H](O)[C@H](COC)NC(=O)CCCCC. The van der Waals surface area contributed by atoms with Crippen LogP contribution < -0.4 is 5.32 Å². The normalized spacial score (nSPS) is 13.7. The van der Waals surface area contributed by atoms with Gasteiger partial charge in [-0.2, -0.15) is 0 Å². The van der Waals surface area contributed by atoms with E-state index in [1.165, 1.54) is 64.2 Å². The monoisotopic (exact) mass is 411 g/mol. The molecule has 2 N–H and O–H groups in total. The predicted molar refractivity (Wildman–Crippen MR) is 124 cm³/mol. The maximum absolute atomic E-state index is 12.0. The highest BCUT2D eigenvalue weighted by Crippen LogP contribution is 2.12. The first kappa shape index (κ1) is 28.1. The van der Waals surface area contributed by atoms with Crippen molar-refractivity contribution in [3.63, 3.8) is 0 Å². The Balaban J connectivity index is 3.78. The number of carbonyl (C=O) groups is 1. The van der Waals surface area contributed by atoms with Crippen LogP contribution in [0.4, 0.5) is 0 Å². The fourth-order valence-electron chi connectivity index (χ4n) is 3.52. The standard InChI is InChI=1S/C25H49NO3/c1-4-6-8-9-10-11-12-13-14-15-16-17-19-20-24(27)23(22-29-3)26-25(28)21-18-7-5-2/h19-20,23-24,27H,4-18,21-22H2,1-3H3,(H,26,28)/b20-19+/t23-,24+/m0/s1. The van der Waals surface area contributed by atoms with Crippen molar-refractivity contribution < 1.29 is 14.6 Å². The molecule has 0 aromatic rings. The van der Waals surface area contributed by atoms with E-state index in [0.29, 0.717) is 13.0 Å². The molecule has 29 heavy (non-hydrogen) atoms. The molecule has 0 fully saturated rings. The van der Waals surface area contributed by atoms with Crippen LogP contribution in [0.5, 0.6) is 0 Å². The maximum atomic E-state index is 12.0. The van der Waals surface area contributed by atoms with Gasteiger partial charge in [-0.05, 0) is 19.3 Å². The molecule has 0 bridgehead atoms. The van der Waals surface area contributed by atoms with Gasteiger partial charge in [0.2, 0.25) is 5.91 Å². The Morgan fingerprint density at radius 2 is 1.38 bits per heavy atom. The molecule has 0 saturated heterocycles. The second-order valence-corrected chi connectivity index (χ2v) is 8.33. The Morgan fingerprint density at radius 3 is 1.93 bits per heavy atom. The van der Waals surface area contributed by atoms with Crippen LogP contribution in [0.3, 0.4) is 0 Å². The molecular formula is C25H49NO3. The average molecular weight is 412 g/mol. The summed E-state index contributed by atoms with van der Waals surface area (Å²) in [6.45, 7) is 4.71. The third kappa shape index (κ3) is 18.9. The lowest BCUT2D eigenvalue weighted by atomic mass is 10.0. The Labute approximate surface area is 180 Å². The van der Waals surface area contributed by atoms with Crippen LogP contribution in [0.15, 0.2) is 12.2 Å². The molecule has 4 heteroatoms. The minimum atomic E-state index is -0.696. The van der Waals surface area contributed by atoms with Gasteiger partial charge in [0.15, 0.2) is 0 Å². The van der Waals surface area contributed by atoms with E-state index >= 15 is 0 Å². The van der Waals surface area contributed by atoms with Crippen LogP contribution >= 0.6 is 0 Å². The van der Waals surface area contributed by atoms with Crippen molar-refractivity contribution in [1.82, 2.24) is 5.32 Å². The molecule has 0 rings (SSSR count). The summed E-state index contributed by atoms with van der Waals surface area (Å²) in [5.41, 5.74) is 0. The first-order chi connectivity index (χ1) is 14.2. The van der Waals surface area contributed by atoms with Gasteiger partial charge in [0.05, 0.1) is 18.8 Å². The number of methoxy groups -OCH3 is 1. The van der Waals surface area contributed by atoms with Crippen LogP contribution in [0.2, 0.25) is 0 Å². The molecule has 0 aliphatic rings. The summed E-state index contributed by atoms with van der Waals surface area (Å²) in [5.74, 6) is -0.00156. The molecule has 0 aliphatic carbocycles. The van der Waals surface area contributed by atoms with Crippen LogP contribution in [0.25, 0.3) is 0 Å². The van der Waals surface area contributed by atoms with Crippen LogP contribution in [-0.2, 0) is 9.53 Å². The number of unbranched alkanes of at least 4 members (excludes halogenated alkanes) is 13. The van der Waals surface area contributed by atoms with E-state index in [1.54, 1.807) is 7.11 Å². The first-order valence-corrected chi connectivity index (χ1v) is 12.3. The van der Waals surface area contributed by atoms with E-state index in [9.17, 15) is 9.90 Å². The molecule has 0 saturated carbocycles. The number of allylic oxidation sites excluding steroid dienone is 1. The van der Waals surface area contributed by atoms with Crippen LogP contribution in [0.1, 0.15) is 117 Å². The largest absolute Gasteiger partial charge is 0.387 e. The minimum Gasteiger partial charge on any atom is -0.387 e. The summed E-state index contributed by atoms with van der Waals surface area (Å²) in [4.78, 5) is 12.0. The van der Waals surface area contributed by atoms with Gasteiger partial charge < -0.3 is 15.2 Å². The number of ether oxygens (including phenoxy) is 1. The van der Waals surface area contributed by atoms with Crippen molar-refractivity contribution in [2.75, 3.05) is 13.7 Å². The second kappa shape index (κ2) is 21.8. The number of aliphatic hydroxyl groups is 1. The van der Waals surface area contributed by atoms with Crippen molar-refractivity contribution in [1.29, 1.82) is 0 Å². The molecule has 0 aromatic heterocycles. The summed E-state index contributed by atoms with van der Waals surface area (Å²) in [6.07, 6.45) is 22.5. The number of hydrogen-bond acceptors (Lipinski definition) is 3. The first-order valence-electron chi connectivity index (χ1n) is 12.3. The predicted octanol–water partition coefficient (Wildman–Crippen LogP) is 6.32. The molecule has 0 spiro atoms. The highest BCUT2D eigenvalue weighted by atomic mass is 16.5. The second-order valence-electron chi connectivity index (χ2n) is 8.33. The Morgan fingerprint density at radius 1 is 0.862 bits per heavy atom. The Bertz CT molecular complexity index is 384. The van der Waals surface area contributed by atoms with Gasteiger partial charge in [-0.25, -0.2) is 0 Å². The van der Waals surface area contributed by atoms with E-state index in [0.717, 1.165) is 32.1 Å². The van der Waals surface area contributed by atoms with Crippen molar-refractivity contribution in [3.8, 4) is 0 Å². The maximum Gasteiger partial charge on any atom is 0.220 e. The third-order valence-corrected chi connectivity index (χ3v) is 5.42. The lowest BCUT2D eigenvalue weighted by Crippen LogP contribution is -2.45. The molecule has 4 nitrogen and oxygen atoms in total. The summed E-state index contributed by atoms with van der Waals surface area (Å²) >= 11 is 0. The van der Waals surface area contributed by atoms with Gasteiger partial charge in [-0.3, -0.25) is 4.79 Å². The van der Waals surface area contributed by atoms with Crippen LogP contribution in [-0.4, -0.2) is 36.9 Å². The summed E-state index contributed by atoms with van der Waals surface area (Å²) < 4.78 is 5.16. The number of rotatable bonds is 21. The van der Waals surface area contributed by atoms with E-state index in [2.05, 4.69) is 19.2 Å². The van der Waals surface area contributed by atoms with Gasteiger partial charge in [0.25, 0.3) is 0 Å². The zero-order valence-electron chi connectivity index (χ0n) is 19.6. The number of hydrogen-bond donors (Lipinski definition) is 2. The number of amides is 1. The van der Waals surface area contributed by atoms with Gasteiger partial charge in [-0.1, -0.05) is 103 Å². The molecule has 0 heterocycles. The number of carbonyl (C=O) groups excluding carboxylic acids is 1. The van der Waals surface area contributed by atoms with Crippen molar-refractivity contribution in [2.24, 2.45) is 0 Å². The molecule has 0 aliphatic heterocycles. The van der Waals surface area contributed by atoms with E-state index in [-0.39, 0.29) is 11.9 Å². The Kier molecular flexibility index (Phi) is 21.2. The molecule has 2 atom stereocenters. The molecule has 172 valence electrons. The van der Waals surface area contributed by atoms with E-state index in [1.807, 2.05) is 12.2 Å². The Hall–Kier alpha value is -0.870. The lowest BCUT2D eigenvalue weighted by Gasteiger charge is -2.21. The van der Waals surface area contributed by atoms with E-state index in [4.69, 9.17) is 4.74 Å². The van der Waals surface area contributed by atoms with E-state index < -0.39 is 6.10 Å². The van der Waals surface area contributed by atoms with Gasteiger partial charge >= 0.3 is 0 Å². The highest BCUT2D eigenvalue weighted by molar-refractivity contribution is 5.76. The summed E-state index contributed by atoms with van der Waals surface area (Å²) in [7, 11) is 1.60. The number of aliphatic hydroxyl groups excluding tert-OH is 1. The fourth-order valence-corrected chi connectivity index (χ4v) is 3.52. The third-order valence-electron chi connectivity index (χ3n) is 5.42. The molecule has 0 radical (unpaired) electrons. The van der Waals surface area contributed by atoms with Gasteiger partial charge in [0, 0.05) is 13.5 Å². The van der Waals surface area contributed by atoms with Crippen molar-refractivity contribution in [3.05, 3.63) is 12.2 Å². The highest BCUT2D eigenvalue weighted by Gasteiger charge is 2.18. The smallest absolute Gasteiger partial charge is 0.220 e. The fraction of sp³-hybridized carbons (Fsp3) is 0.880. The average Bonchev–Trinajstić information content (AvgIpc) is 2.71. The van der Waals surface area contributed by atoms with Crippen LogP contribution in [0, 0.1) is 0 Å².